The second-order valence-corrected chi connectivity index (χ2v) is 5.36. The van der Waals surface area contributed by atoms with Gasteiger partial charge in [0.15, 0.2) is 5.96 Å². The van der Waals surface area contributed by atoms with Gasteiger partial charge in [0.05, 0.1) is 12.1 Å². The van der Waals surface area contributed by atoms with Crippen LogP contribution in [0.15, 0.2) is 47.5 Å². The maximum absolute atomic E-state index is 11.9. The smallest absolute Gasteiger partial charge is 0.246 e. The van der Waals surface area contributed by atoms with Gasteiger partial charge in [-0.15, -0.1) is 6.42 Å². The highest BCUT2D eigenvalue weighted by atomic mass is 35.5. The molecule has 0 aliphatic rings. The van der Waals surface area contributed by atoms with Crippen LogP contribution in [0.4, 0.5) is 11.4 Å². The van der Waals surface area contributed by atoms with E-state index in [1.165, 1.54) is 7.11 Å². The van der Waals surface area contributed by atoms with Gasteiger partial charge in [-0.3, -0.25) is 4.79 Å². The van der Waals surface area contributed by atoms with Crippen LogP contribution in [0.1, 0.15) is 5.56 Å². The Balaban J connectivity index is 1.92. The zero-order valence-electron chi connectivity index (χ0n) is 13.5. The van der Waals surface area contributed by atoms with Crippen LogP contribution >= 0.6 is 11.6 Å². The number of carbonyl (C=O) groups is 1. The molecule has 1 amide bonds. The summed E-state index contributed by atoms with van der Waals surface area (Å²) in [6.45, 7) is -0.136. The minimum absolute atomic E-state index is 0.0914. The number of guanidine groups is 1. The summed E-state index contributed by atoms with van der Waals surface area (Å²) in [5.74, 6) is 2.83. The van der Waals surface area contributed by atoms with Crippen LogP contribution in [0.25, 0.3) is 0 Å². The normalized spacial score (nSPS) is 10.7. The Morgan fingerprint density at radius 3 is 2.72 bits per heavy atom. The van der Waals surface area contributed by atoms with Crippen molar-refractivity contribution < 1.29 is 9.53 Å². The molecule has 0 unspecified atom stereocenters. The van der Waals surface area contributed by atoms with E-state index in [-0.39, 0.29) is 18.4 Å². The third-order valence-electron chi connectivity index (χ3n) is 3.13. The molecule has 25 heavy (non-hydrogen) atoms. The minimum Gasteiger partial charge on any atom is -0.495 e. The second kappa shape index (κ2) is 8.62. The molecule has 0 atom stereocenters. The monoisotopic (exact) mass is 356 g/mol. The Morgan fingerprint density at radius 1 is 1.28 bits per heavy atom. The molecule has 4 N–H and O–H groups in total. The molecule has 0 aromatic heterocycles. The molecule has 0 bridgehead atoms. The fourth-order valence-corrected chi connectivity index (χ4v) is 2.23. The molecule has 2 aromatic carbocycles. The van der Waals surface area contributed by atoms with Gasteiger partial charge in [0.2, 0.25) is 5.91 Å². The number of nitrogens with one attached hydrogen (secondary N) is 2. The number of methoxy groups -OCH3 is 1. The molecule has 0 spiro atoms. The highest BCUT2D eigenvalue weighted by molar-refractivity contribution is 6.32. The van der Waals surface area contributed by atoms with Crippen molar-refractivity contribution in [1.82, 2.24) is 0 Å². The van der Waals surface area contributed by atoms with Gasteiger partial charge in [0.1, 0.15) is 12.3 Å². The summed E-state index contributed by atoms with van der Waals surface area (Å²) in [5.41, 5.74) is 7.69. The quantitative estimate of drug-likeness (QED) is 0.436. The van der Waals surface area contributed by atoms with Gasteiger partial charge < -0.3 is 21.1 Å². The summed E-state index contributed by atoms with van der Waals surface area (Å²) in [5, 5.41) is 5.99. The molecular weight excluding hydrogens is 340 g/mol. The number of ether oxygens (including phenoxy) is 1. The number of anilines is 2. The predicted octanol–water partition coefficient (Wildman–Crippen LogP) is 2.70. The van der Waals surface area contributed by atoms with Crippen LogP contribution in [0.3, 0.4) is 0 Å². The second-order valence-electron chi connectivity index (χ2n) is 4.95. The Labute approximate surface area is 151 Å². The van der Waals surface area contributed by atoms with Gasteiger partial charge >= 0.3 is 0 Å². The number of hydrogen-bond acceptors (Lipinski definition) is 3. The molecule has 0 aliphatic heterocycles. The number of hydrogen-bond donors (Lipinski definition) is 3. The summed E-state index contributed by atoms with van der Waals surface area (Å²) < 4.78 is 5.07. The SMILES string of the molecule is C#Cc1cccc(NC(=O)CN=C(N)Nc2ccc(OC)c(Cl)c2)c1. The molecule has 128 valence electrons. The van der Waals surface area contributed by atoms with E-state index < -0.39 is 0 Å². The van der Waals surface area contributed by atoms with Crippen molar-refractivity contribution in [3.05, 3.63) is 53.1 Å². The number of carbonyl (C=O) groups excluding carboxylic acids is 1. The van der Waals surface area contributed by atoms with Crippen molar-refractivity contribution in [2.24, 2.45) is 10.7 Å². The van der Waals surface area contributed by atoms with E-state index >= 15 is 0 Å². The third kappa shape index (κ3) is 5.44. The number of benzene rings is 2. The summed E-state index contributed by atoms with van der Waals surface area (Å²) in [6, 6.07) is 12.1. The largest absolute Gasteiger partial charge is 0.495 e. The summed E-state index contributed by atoms with van der Waals surface area (Å²) in [4.78, 5) is 15.9. The zero-order valence-corrected chi connectivity index (χ0v) is 14.3. The molecule has 0 saturated heterocycles. The summed E-state index contributed by atoms with van der Waals surface area (Å²) in [6.07, 6.45) is 5.32. The number of nitrogens with zero attached hydrogens (tertiary/aromatic N) is 1. The standard InChI is InChI=1S/C18H17ClN4O2/c1-3-12-5-4-6-13(9-12)22-17(24)11-21-18(20)23-14-7-8-16(25-2)15(19)10-14/h1,4-10H,11H2,2H3,(H,22,24)(H3,20,21,23). The Kier molecular flexibility index (Phi) is 6.26. The van der Waals surface area contributed by atoms with E-state index in [0.717, 1.165) is 0 Å². The first-order valence-corrected chi connectivity index (χ1v) is 7.66. The van der Waals surface area contributed by atoms with E-state index in [1.54, 1.807) is 42.5 Å². The molecule has 2 aromatic rings. The van der Waals surface area contributed by atoms with Crippen LogP contribution in [-0.2, 0) is 4.79 Å². The van der Waals surface area contributed by atoms with E-state index in [9.17, 15) is 4.79 Å². The summed E-state index contributed by atoms with van der Waals surface area (Å²) in [7, 11) is 1.53. The van der Waals surface area contributed by atoms with Crippen molar-refractivity contribution in [3.63, 3.8) is 0 Å². The van der Waals surface area contributed by atoms with Gasteiger partial charge in [-0.05, 0) is 36.4 Å². The maximum atomic E-state index is 11.9. The first-order chi connectivity index (χ1) is 12.0. The van der Waals surface area contributed by atoms with Crippen molar-refractivity contribution in [1.29, 1.82) is 0 Å². The van der Waals surface area contributed by atoms with Crippen molar-refractivity contribution >= 4 is 34.8 Å². The van der Waals surface area contributed by atoms with Crippen LogP contribution in [0.5, 0.6) is 5.75 Å². The number of amides is 1. The molecule has 0 fully saturated rings. The Hall–Kier alpha value is -3.17. The van der Waals surface area contributed by atoms with Crippen molar-refractivity contribution in [3.8, 4) is 18.1 Å². The van der Waals surface area contributed by atoms with Crippen molar-refractivity contribution in [2.45, 2.75) is 0 Å². The minimum atomic E-state index is -0.313. The highest BCUT2D eigenvalue weighted by Gasteiger charge is 2.04. The van der Waals surface area contributed by atoms with E-state index in [2.05, 4.69) is 21.5 Å². The lowest BCUT2D eigenvalue weighted by atomic mass is 10.2. The van der Waals surface area contributed by atoms with E-state index in [1.807, 2.05) is 0 Å². The van der Waals surface area contributed by atoms with Gasteiger partial charge in [-0.25, -0.2) is 4.99 Å². The Morgan fingerprint density at radius 2 is 2.04 bits per heavy atom. The molecule has 0 heterocycles. The lowest BCUT2D eigenvalue weighted by Crippen LogP contribution is -2.25. The fourth-order valence-electron chi connectivity index (χ4n) is 1.98. The van der Waals surface area contributed by atoms with E-state index in [0.29, 0.717) is 27.7 Å². The van der Waals surface area contributed by atoms with Gasteiger partial charge in [0, 0.05) is 16.9 Å². The molecule has 6 nitrogen and oxygen atoms in total. The number of rotatable bonds is 5. The predicted molar refractivity (Wildman–Crippen MR) is 101 cm³/mol. The molecule has 0 aliphatic carbocycles. The molecule has 2 rings (SSSR count). The first kappa shape index (κ1) is 18.2. The van der Waals surface area contributed by atoms with Crippen LogP contribution in [0, 0.1) is 12.3 Å². The topological polar surface area (TPSA) is 88.7 Å². The molecule has 0 saturated carbocycles. The molecule has 0 radical (unpaired) electrons. The van der Waals surface area contributed by atoms with E-state index in [4.69, 9.17) is 28.5 Å². The zero-order chi connectivity index (χ0) is 18.2. The highest BCUT2D eigenvalue weighted by Crippen LogP contribution is 2.26. The lowest BCUT2D eigenvalue weighted by molar-refractivity contribution is -0.114. The average Bonchev–Trinajstić information content (AvgIpc) is 2.60. The third-order valence-corrected chi connectivity index (χ3v) is 3.43. The van der Waals surface area contributed by atoms with Gasteiger partial charge in [-0.2, -0.15) is 0 Å². The van der Waals surface area contributed by atoms with Gasteiger partial charge in [0.25, 0.3) is 0 Å². The first-order valence-electron chi connectivity index (χ1n) is 7.29. The molecular formula is C18H17ClN4O2. The lowest BCUT2D eigenvalue weighted by Gasteiger charge is -2.08. The number of aliphatic imine (C=N–C) groups is 1. The summed E-state index contributed by atoms with van der Waals surface area (Å²) >= 11 is 6.03. The Bertz CT molecular complexity index is 843. The number of halogens is 1. The van der Waals surface area contributed by atoms with Crippen LogP contribution < -0.4 is 21.1 Å². The fraction of sp³-hybridized carbons (Fsp3) is 0.111. The maximum Gasteiger partial charge on any atom is 0.246 e. The van der Waals surface area contributed by atoms with Gasteiger partial charge in [-0.1, -0.05) is 23.6 Å². The number of terminal acetylenes is 1. The number of nitrogens with two attached hydrogens (primary N) is 1. The van der Waals surface area contributed by atoms with Crippen LogP contribution in [0.2, 0.25) is 5.02 Å². The molecule has 7 heteroatoms. The average molecular weight is 357 g/mol. The van der Waals surface area contributed by atoms with Crippen molar-refractivity contribution in [2.75, 3.05) is 24.3 Å². The van der Waals surface area contributed by atoms with Crippen LogP contribution in [-0.4, -0.2) is 25.5 Å².